The molecule has 3 aromatic rings. The first-order valence-electron chi connectivity index (χ1n) is 12.6. The van der Waals surface area contributed by atoms with Crippen molar-refractivity contribution in [1.29, 1.82) is 0 Å². The number of likely N-dealkylation sites (tertiary alicyclic amines) is 1. The summed E-state index contributed by atoms with van der Waals surface area (Å²) >= 11 is 0. The zero-order chi connectivity index (χ0) is 27.0. The van der Waals surface area contributed by atoms with Crippen molar-refractivity contribution in [2.24, 2.45) is 10.9 Å². The molecule has 0 saturated carbocycles. The molecule has 1 fully saturated rings. The van der Waals surface area contributed by atoms with Crippen LogP contribution in [-0.4, -0.2) is 60.5 Å². The lowest BCUT2D eigenvalue weighted by atomic mass is 9.53. The first-order chi connectivity index (χ1) is 18.2. The highest BCUT2D eigenvalue weighted by Crippen LogP contribution is 2.35. The van der Waals surface area contributed by atoms with E-state index in [2.05, 4.69) is 10.6 Å². The number of carbonyl (C=O) groups excluding carboxylic acids is 1. The van der Waals surface area contributed by atoms with Gasteiger partial charge in [0.1, 0.15) is 30.5 Å². The molecule has 1 aromatic heterocycles. The van der Waals surface area contributed by atoms with Crippen LogP contribution in [0.2, 0.25) is 0 Å². The number of aliphatic imine (C=N–C) groups is 1. The van der Waals surface area contributed by atoms with Crippen molar-refractivity contribution >= 4 is 32.2 Å². The summed E-state index contributed by atoms with van der Waals surface area (Å²) in [6.07, 6.45) is -0.400. The van der Waals surface area contributed by atoms with E-state index in [1.54, 1.807) is 36.1 Å². The SMILES string of the molecule is [B][B]c1cc(C(C(=O)N2C[C@H](O)C[C@H]2C2=NC(C)(c3ccc(-c4ccccc4F)cc3)ON2)C(C)C)on1. The Morgan fingerprint density at radius 1 is 1.26 bits per heavy atom. The van der Waals surface area contributed by atoms with Crippen LogP contribution >= 0.6 is 0 Å². The molecular formula is C27H28B2FN4O4. The summed E-state index contributed by atoms with van der Waals surface area (Å²) in [5.41, 5.74) is 4.28. The molecule has 11 heteroatoms. The van der Waals surface area contributed by atoms with E-state index in [9.17, 15) is 14.3 Å². The number of amidine groups is 1. The van der Waals surface area contributed by atoms with Crippen molar-refractivity contribution in [3.8, 4) is 11.1 Å². The van der Waals surface area contributed by atoms with Crippen LogP contribution in [-0.2, 0) is 15.4 Å². The fourth-order valence-electron chi connectivity index (χ4n) is 5.11. The Morgan fingerprint density at radius 3 is 2.66 bits per heavy atom. The van der Waals surface area contributed by atoms with Crippen molar-refractivity contribution in [2.75, 3.05) is 6.54 Å². The number of nitrogens with one attached hydrogen (secondary N) is 1. The lowest BCUT2D eigenvalue weighted by Crippen LogP contribution is -2.46. The highest BCUT2D eigenvalue weighted by molar-refractivity contribution is 6.97. The first kappa shape index (κ1) is 26.2. The van der Waals surface area contributed by atoms with E-state index in [-0.39, 0.29) is 24.2 Å². The summed E-state index contributed by atoms with van der Waals surface area (Å²) < 4.78 is 19.6. The molecule has 3 radical (unpaired) electrons. The Kier molecular flexibility index (Phi) is 7.15. The minimum Gasteiger partial charge on any atom is -0.391 e. The number of aliphatic hydroxyl groups is 1. The van der Waals surface area contributed by atoms with E-state index in [1.165, 1.54) is 13.2 Å². The molecule has 2 aliphatic heterocycles. The predicted molar refractivity (Wildman–Crippen MR) is 142 cm³/mol. The molecule has 193 valence electrons. The Balaban J connectivity index is 1.39. The molecule has 5 rings (SSSR count). The third-order valence-corrected chi connectivity index (χ3v) is 7.13. The van der Waals surface area contributed by atoms with Crippen molar-refractivity contribution < 1.29 is 23.7 Å². The monoisotopic (exact) mass is 513 g/mol. The Morgan fingerprint density at radius 2 is 2.00 bits per heavy atom. The molecule has 2 unspecified atom stereocenters. The number of carbonyl (C=O) groups is 1. The van der Waals surface area contributed by atoms with Gasteiger partial charge in [-0.15, -0.1) is 0 Å². The maximum Gasteiger partial charge on any atom is 0.234 e. The average molecular weight is 513 g/mol. The fraction of sp³-hybridized carbons (Fsp3) is 0.370. The normalized spacial score (nSPS) is 23.8. The summed E-state index contributed by atoms with van der Waals surface area (Å²) in [5.74, 6) is -0.325. The molecule has 0 bridgehead atoms. The van der Waals surface area contributed by atoms with E-state index in [1.807, 2.05) is 38.1 Å². The van der Waals surface area contributed by atoms with E-state index in [0.717, 1.165) is 11.1 Å². The van der Waals surface area contributed by atoms with Crippen LogP contribution in [0.25, 0.3) is 11.1 Å². The average Bonchev–Trinajstić information content (AvgIpc) is 3.63. The predicted octanol–water partition coefficient (Wildman–Crippen LogP) is 2.40. The number of amides is 1. The van der Waals surface area contributed by atoms with Gasteiger partial charge in [0, 0.05) is 37.4 Å². The van der Waals surface area contributed by atoms with Gasteiger partial charge in [-0.1, -0.05) is 61.5 Å². The third kappa shape index (κ3) is 4.88. The second-order valence-corrected chi connectivity index (χ2v) is 10.2. The lowest BCUT2D eigenvalue weighted by Gasteiger charge is -2.29. The molecule has 1 amide bonds. The summed E-state index contributed by atoms with van der Waals surface area (Å²) in [5, 5.41) is 14.4. The molecule has 2 aromatic carbocycles. The molecule has 0 spiro atoms. The number of hydrogen-bond donors (Lipinski definition) is 2. The largest absolute Gasteiger partial charge is 0.391 e. The molecule has 38 heavy (non-hydrogen) atoms. The molecule has 8 nitrogen and oxygen atoms in total. The number of nitrogens with zero attached hydrogens (tertiary/aromatic N) is 3. The maximum absolute atomic E-state index is 14.2. The molecule has 3 heterocycles. The third-order valence-electron chi connectivity index (χ3n) is 7.13. The summed E-state index contributed by atoms with van der Waals surface area (Å²) in [4.78, 5) is 26.1. The maximum atomic E-state index is 14.2. The zero-order valence-corrected chi connectivity index (χ0v) is 21.5. The van der Waals surface area contributed by atoms with Crippen molar-refractivity contribution in [3.63, 3.8) is 0 Å². The van der Waals surface area contributed by atoms with Crippen molar-refractivity contribution in [1.82, 2.24) is 15.5 Å². The van der Waals surface area contributed by atoms with Crippen molar-refractivity contribution in [3.05, 3.63) is 71.7 Å². The van der Waals surface area contributed by atoms with Crippen LogP contribution < -0.4 is 11.1 Å². The molecule has 2 N–H and O–H groups in total. The van der Waals surface area contributed by atoms with Crippen LogP contribution in [0.3, 0.4) is 0 Å². The first-order valence-corrected chi connectivity index (χ1v) is 12.6. The Bertz CT molecular complexity index is 1350. The van der Waals surface area contributed by atoms with Gasteiger partial charge in [0.25, 0.3) is 0 Å². The van der Waals surface area contributed by atoms with Gasteiger partial charge in [-0.3, -0.25) is 4.79 Å². The van der Waals surface area contributed by atoms with Crippen LogP contribution in [0, 0.1) is 11.7 Å². The van der Waals surface area contributed by atoms with Gasteiger partial charge in [0.15, 0.2) is 0 Å². The zero-order valence-electron chi connectivity index (χ0n) is 21.5. The van der Waals surface area contributed by atoms with Gasteiger partial charge in [-0.05, 0) is 30.5 Å². The highest BCUT2D eigenvalue weighted by Gasteiger charge is 2.45. The van der Waals surface area contributed by atoms with Gasteiger partial charge < -0.3 is 14.5 Å². The number of benzene rings is 2. The van der Waals surface area contributed by atoms with E-state index >= 15 is 0 Å². The minimum atomic E-state index is -1.07. The summed E-state index contributed by atoms with van der Waals surface area (Å²) in [7, 11) is 6.86. The topological polar surface area (TPSA) is 100 Å². The molecular weight excluding hydrogens is 485 g/mol. The van der Waals surface area contributed by atoms with Gasteiger partial charge in [0.05, 0.1) is 12.1 Å². The van der Waals surface area contributed by atoms with Gasteiger partial charge >= 0.3 is 0 Å². The van der Waals surface area contributed by atoms with E-state index in [4.69, 9.17) is 22.1 Å². The Hall–Kier alpha value is -3.43. The highest BCUT2D eigenvalue weighted by atomic mass is 19.1. The van der Waals surface area contributed by atoms with E-state index in [0.29, 0.717) is 29.2 Å². The standard InChI is InChI=1S/C27H28B2FN4O4/c1-15(2)24(22-13-23(29-28)32-37-22)26(36)34-14-18(35)12-21(34)25-31-27(3,38-33-25)17-10-8-16(9-11-17)19-6-4-5-7-20(19)30/h4-11,13,15,18,21,24,35H,12,14H2,1-3H3,(H,31,33)/t18-,21+,24?,27?/m1/s1. The second-order valence-electron chi connectivity index (χ2n) is 10.2. The number of hydrogen-bond acceptors (Lipinski definition) is 7. The van der Waals surface area contributed by atoms with Crippen LogP contribution in [0.1, 0.15) is 44.4 Å². The molecule has 2 aliphatic rings. The second kappa shape index (κ2) is 10.4. The number of rotatable bonds is 7. The fourth-order valence-corrected chi connectivity index (χ4v) is 5.11. The number of aromatic nitrogens is 1. The van der Waals surface area contributed by atoms with Crippen LogP contribution in [0.15, 0.2) is 64.1 Å². The summed E-state index contributed by atoms with van der Waals surface area (Å²) in [6, 6.07) is 15.1. The van der Waals surface area contributed by atoms with Gasteiger partial charge in [0.2, 0.25) is 11.6 Å². The quantitative estimate of drug-likeness (QED) is 0.471. The van der Waals surface area contributed by atoms with Gasteiger partial charge in [-0.2, -0.15) is 0 Å². The lowest BCUT2D eigenvalue weighted by molar-refractivity contribution is -0.134. The number of β-amino-alcohol motifs (C(OH)–C–C–N with tert-alkyl or cyclic N) is 1. The van der Waals surface area contributed by atoms with Crippen molar-refractivity contribution in [2.45, 2.75) is 51.0 Å². The number of hydroxylamine groups is 1. The minimum absolute atomic E-state index is 0.0903. The van der Waals surface area contributed by atoms with E-state index < -0.39 is 23.8 Å². The van der Waals surface area contributed by atoms with Gasteiger partial charge in [-0.25, -0.2) is 19.7 Å². The molecule has 1 saturated heterocycles. The van der Waals surface area contributed by atoms with Crippen LogP contribution in [0.5, 0.6) is 0 Å². The van der Waals surface area contributed by atoms with Crippen LogP contribution in [0.4, 0.5) is 4.39 Å². The molecule has 0 aliphatic carbocycles. The number of aliphatic hydroxyl groups excluding tert-OH is 1. The summed E-state index contributed by atoms with van der Waals surface area (Å²) in [6.45, 7) is 5.81. The number of halogens is 1. The Labute approximate surface area is 222 Å². The smallest absolute Gasteiger partial charge is 0.234 e. The molecule has 4 atom stereocenters.